The Morgan fingerprint density at radius 1 is 1.20 bits per heavy atom. The zero-order valence-electron chi connectivity index (χ0n) is 8.30. The monoisotopic (exact) mass is 229 g/mol. The third kappa shape index (κ3) is 2.92. The van der Waals surface area contributed by atoms with E-state index in [4.69, 9.17) is 0 Å². The van der Waals surface area contributed by atoms with Gasteiger partial charge in [0.1, 0.15) is 11.6 Å². The highest BCUT2D eigenvalue weighted by atomic mass is 32.2. The van der Waals surface area contributed by atoms with Gasteiger partial charge in [-0.25, -0.2) is 8.78 Å². The predicted octanol–water partition coefficient (Wildman–Crippen LogP) is 2.73. The van der Waals surface area contributed by atoms with Crippen molar-refractivity contribution in [3.8, 4) is 0 Å². The summed E-state index contributed by atoms with van der Waals surface area (Å²) in [7, 11) is 0. The van der Waals surface area contributed by atoms with E-state index in [0.717, 1.165) is 30.5 Å². The summed E-state index contributed by atoms with van der Waals surface area (Å²) in [6, 6.07) is 3.80. The van der Waals surface area contributed by atoms with Gasteiger partial charge in [0.15, 0.2) is 0 Å². The van der Waals surface area contributed by atoms with Crippen LogP contribution in [-0.2, 0) is 0 Å². The molecule has 1 aromatic carbocycles. The molecule has 4 heteroatoms. The third-order valence-electron chi connectivity index (χ3n) is 2.43. The second-order valence-electron chi connectivity index (χ2n) is 3.64. The van der Waals surface area contributed by atoms with Crippen LogP contribution in [0.1, 0.15) is 18.0 Å². The quantitative estimate of drug-likeness (QED) is 0.794. The number of hydrogen-bond acceptors (Lipinski definition) is 2. The van der Waals surface area contributed by atoms with Crippen molar-refractivity contribution in [1.82, 2.24) is 5.32 Å². The van der Waals surface area contributed by atoms with Crippen LogP contribution in [0.2, 0.25) is 0 Å². The summed E-state index contributed by atoms with van der Waals surface area (Å²) in [5.74, 6) is 0.992. The van der Waals surface area contributed by atoms with E-state index in [9.17, 15) is 8.78 Å². The summed E-state index contributed by atoms with van der Waals surface area (Å²) in [5, 5.41) is 3.30. The standard InChI is InChI=1S/C11H13F2NS/c12-9-4-8(5-10(13)6-9)11-7-15-3-1-2-14-11/h4-6,11,14H,1-3,7H2. The number of halogens is 2. The van der Waals surface area contributed by atoms with Crippen molar-refractivity contribution in [2.45, 2.75) is 12.5 Å². The lowest BCUT2D eigenvalue weighted by molar-refractivity contribution is 0.553. The molecule has 1 nitrogen and oxygen atoms in total. The SMILES string of the molecule is Fc1cc(F)cc(C2CSCCCN2)c1. The van der Waals surface area contributed by atoms with E-state index in [2.05, 4.69) is 5.32 Å². The van der Waals surface area contributed by atoms with Gasteiger partial charge in [-0.1, -0.05) is 0 Å². The lowest BCUT2D eigenvalue weighted by Gasteiger charge is -2.15. The Kier molecular flexibility index (Phi) is 3.59. The Morgan fingerprint density at radius 3 is 2.67 bits per heavy atom. The lowest BCUT2D eigenvalue weighted by atomic mass is 10.1. The largest absolute Gasteiger partial charge is 0.309 e. The smallest absolute Gasteiger partial charge is 0.126 e. The second kappa shape index (κ2) is 4.94. The molecule has 1 heterocycles. The average molecular weight is 229 g/mol. The Hall–Kier alpha value is -0.610. The molecule has 0 spiro atoms. The number of benzene rings is 1. The summed E-state index contributed by atoms with van der Waals surface area (Å²) in [6.07, 6.45) is 1.11. The third-order valence-corrected chi connectivity index (χ3v) is 3.57. The molecule has 0 saturated carbocycles. The molecule has 0 aliphatic carbocycles. The molecule has 1 aromatic rings. The zero-order valence-corrected chi connectivity index (χ0v) is 9.12. The van der Waals surface area contributed by atoms with Crippen LogP contribution in [0.15, 0.2) is 18.2 Å². The molecular formula is C11H13F2NS. The maximum Gasteiger partial charge on any atom is 0.126 e. The van der Waals surface area contributed by atoms with Gasteiger partial charge < -0.3 is 5.32 Å². The summed E-state index contributed by atoms with van der Waals surface area (Å²) in [6.45, 7) is 0.912. The van der Waals surface area contributed by atoms with E-state index in [1.54, 1.807) is 0 Å². The minimum atomic E-state index is -0.499. The highest BCUT2D eigenvalue weighted by Gasteiger charge is 2.15. The molecule has 15 heavy (non-hydrogen) atoms. The topological polar surface area (TPSA) is 12.0 Å². The molecule has 0 aromatic heterocycles. The molecule has 2 rings (SSSR count). The van der Waals surface area contributed by atoms with Crippen LogP contribution in [0.3, 0.4) is 0 Å². The van der Waals surface area contributed by atoms with Gasteiger partial charge in [0.25, 0.3) is 0 Å². The van der Waals surface area contributed by atoms with E-state index in [0.29, 0.717) is 5.56 Å². The molecule has 82 valence electrons. The van der Waals surface area contributed by atoms with Gasteiger partial charge in [-0.2, -0.15) is 11.8 Å². The number of rotatable bonds is 1. The summed E-state index contributed by atoms with van der Waals surface area (Å²) in [5.41, 5.74) is 0.710. The van der Waals surface area contributed by atoms with Crippen LogP contribution < -0.4 is 5.32 Å². The van der Waals surface area contributed by atoms with Crippen molar-refractivity contribution < 1.29 is 8.78 Å². The van der Waals surface area contributed by atoms with Gasteiger partial charge in [0.05, 0.1) is 0 Å². The molecule has 1 atom stereocenters. The highest BCUT2D eigenvalue weighted by molar-refractivity contribution is 7.99. The van der Waals surface area contributed by atoms with Crippen LogP contribution >= 0.6 is 11.8 Å². The van der Waals surface area contributed by atoms with Crippen molar-refractivity contribution in [2.24, 2.45) is 0 Å². The van der Waals surface area contributed by atoms with E-state index in [1.165, 1.54) is 12.1 Å². The van der Waals surface area contributed by atoms with Crippen LogP contribution in [0, 0.1) is 11.6 Å². The van der Waals surface area contributed by atoms with E-state index in [-0.39, 0.29) is 6.04 Å². The number of nitrogens with one attached hydrogen (secondary N) is 1. The Labute approximate surface area is 92.3 Å². The first-order chi connectivity index (χ1) is 7.25. The average Bonchev–Trinajstić information content (AvgIpc) is 2.43. The molecule has 1 unspecified atom stereocenters. The summed E-state index contributed by atoms with van der Waals surface area (Å²) < 4.78 is 26.0. The normalized spacial score (nSPS) is 22.4. The molecule has 1 fully saturated rings. The van der Waals surface area contributed by atoms with Crippen LogP contribution in [0.25, 0.3) is 0 Å². The Morgan fingerprint density at radius 2 is 1.93 bits per heavy atom. The zero-order chi connectivity index (χ0) is 10.7. The van der Waals surface area contributed by atoms with Gasteiger partial charge in [-0.3, -0.25) is 0 Å². The van der Waals surface area contributed by atoms with Crippen molar-refractivity contribution in [2.75, 3.05) is 18.1 Å². The molecule has 1 saturated heterocycles. The number of thioether (sulfide) groups is 1. The summed E-state index contributed by atoms with van der Waals surface area (Å²) in [4.78, 5) is 0. The maximum absolute atomic E-state index is 13.0. The van der Waals surface area contributed by atoms with E-state index >= 15 is 0 Å². The first kappa shape index (κ1) is 10.9. The first-order valence-electron chi connectivity index (χ1n) is 5.03. The lowest BCUT2D eigenvalue weighted by Crippen LogP contribution is -2.22. The van der Waals surface area contributed by atoms with Gasteiger partial charge >= 0.3 is 0 Å². The van der Waals surface area contributed by atoms with Crippen molar-refractivity contribution in [3.05, 3.63) is 35.4 Å². The minimum Gasteiger partial charge on any atom is -0.309 e. The minimum absolute atomic E-state index is 0.0719. The first-order valence-corrected chi connectivity index (χ1v) is 6.18. The van der Waals surface area contributed by atoms with Gasteiger partial charge in [-0.05, 0) is 36.4 Å². The van der Waals surface area contributed by atoms with Crippen LogP contribution in [0.4, 0.5) is 8.78 Å². The van der Waals surface area contributed by atoms with Crippen LogP contribution in [-0.4, -0.2) is 18.1 Å². The van der Waals surface area contributed by atoms with Crippen molar-refractivity contribution >= 4 is 11.8 Å². The maximum atomic E-state index is 13.0. The van der Waals surface area contributed by atoms with E-state index < -0.39 is 11.6 Å². The van der Waals surface area contributed by atoms with Crippen LogP contribution in [0.5, 0.6) is 0 Å². The van der Waals surface area contributed by atoms with Gasteiger partial charge in [0.2, 0.25) is 0 Å². The fourth-order valence-corrected chi connectivity index (χ4v) is 2.76. The van der Waals surface area contributed by atoms with Crippen molar-refractivity contribution in [1.29, 1.82) is 0 Å². The highest BCUT2D eigenvalue weighted by Crippen LogP contribution is 2.22. The molecule has 1 aliphatic rings. The summed E-state index contributed by atoms with van der Waals surface area (Å²) >= 11 is 1.82. The van der Waals surface area contributed by atoms with E-state index in [1.807, 2.05) is 11.8 Å². The Bertz CT molecular complexity index is 315. The Balaban J connectivity index is 2.19. The second-order valence-corrected chi connectivity index (χ2v) is 4.79. The molecular weight excluding hydrogens is 216 g/mol. The molecule has 1 aliphatic heterocycles. The fraction of sp³-hybridized carbons (Fsp3) is 0.455. The van der Waals surface area contributed by atoms with Gasteiger partial charge in [0, 0.05) is 17.9 Å². The van der Waals surface area contributed by atoms with Crippen molar-refractivity contribution in [3.63, 3.8) is 0 Å². The fourth-order valence-electron chi connectivity index (χ4n) is 1.70. The predicted molar refractivity (Wildman–Crippen MR) is 59.0 cm³/mol. The molecule has 0 radical (unpaired) electrons. The molecule has 1 N–H and O–H groups in total. The number of hydrogen-bond donors (Lipinski definition) is 1. The van der Waals surface area contributed by atoms with Gasteiger partial charge in [-0.15, -0.1) is 0 Å². The molecule has 0 bridgehead atoms. The molecule has 0 amide bonds.